The van der Waals surface area contributed by atoms with Crippen molar-refractivity contribution < 1.29 is 8.42 Å². The van der Waals surface area contributed by atoms with Crippen molar-refractivity contribution in [1.82, 2.24) is 4.98 Å². The second-order valence-electron chi connectivity index (χ2n) is 8.18. The van der Waals surface area contributed by atoms with E-state index in [1.54, 1.807) is 30.5 Å². The third-order valence-electron chi connectivity index (χ3n) is 5.57. The summed E-state index contributed by atoms with van der Waals surface area (Å²) in [6.45, 7) is 1.46. The first-order valence-corrected chi connectivity index (χ1v) is 15.2. The lowest BCUT2D eigenvalue weighted by Gasteiger charge is -2.22. The van der Waals surface area contributed by atoms with Crippen LogP contribution in [0.1, 0.15) is 11.1 Å². The van der Waals surface area contributed by atoms with Crippen LogP contribution in [0, 0.1) is 11.3 Å². The van der Waals surface area contributed by atoms with Gasteiger partial charge < -0.3 is 4.90 Å². The summed E-state index contributed by atoms with van der Waals surface area (Å²) in [6, 6.07) is 22.6. The van der Waals surface area contributed by atoms with Gasteiger partial charge >= 0.3 is 0 Å². The summed E-state index contributed by atoms with van der Waals surface area (Å²) in [5.41, 5.74) is 7.31. The number of sulfonamides is 1. The van der Waals surface area contributed by atoms with Gasteiger partial charge in [-0.2, -0.15) is 10.4 Å². The first kappa shape index (κ1) is 28.4. The fraction of sp³-hybridized carbons (Fsp3) is 0.148. The molecule has 0 fully saturated rings. The summed E-state index contributed by atoms with van der Waals surface area (Å²) >= 11 is 13.2. The highest BCUT2D eigenvalue weighted by Gasteiger charge is 2.14. The number of nitrogens with zero attached hydrogens (tertiary/aromatic N) is 4. The normalized spacial score (nSPS) is 11.3. The molecule has 1 aromatic heterocycles. The number of alkyl halides is 2. The van der Waals surface area contributed by atoms with Crippen LogP contribution in [0.5, 0.6) is 0 Å². The maximum Gasteiger partial charge on any atom is 0.261 e. The minimum absolute atomic E-state index is 0.0805. The predicted molar refractivity (Wildman–Crippen MR) is 161 cm³/mol. The zero-order valence-electron chi connectivity index (χ0n) is 20.6. The molecule has 0 atom stereocenters. The zero-order valence-corrected chi connectivity index (χ0v) is 23.7. The molecule has 4 aromatic rings. The van der Waals surface area contributed by atoms with Crippen LogP contribution in [0.15, 0.2) is 88.2 Å². The van der Waals surface area contributed by atoms with E-state index in [1.807, 2.05) is 35.7 Å². The van der Waals surface area contributed by atoms with Crippen LogP contribution in [-0.2, 0) is 10.0 Å². The number of rotatable bonds is 12. The molecule has 0 aliphatic heterocycles. The lowest BCUT2D eigenvalue weighted by molar-refractivity contribution is 0.601. The maximum atomic E-state index is 12.6. The Labute approximate surface area is 241 Å². The molecule has 0 amide bonds. The SMILES string of the molecule is N#Cc1ccc(S(=O)(=O)Nc2ccc(-c3csc(N/N=C/c4ccc(N(CCCl)CCCl)cc4)n3)cc2)cc1. The molecule has 0 aliphatic carbocycles. The second-order valence-corrected chi connectivity index (χ2v) is 11.5. The van der Waals surface area contributed by atoms with E-state index in [-0.39, 0.29) is 4.90 Å². The fourth-order valence-electron chi connectivity index (χ4n) is 3.60. The van der Waals surface area contributed by atoms with Crippen LogP contribution >= 0.6 is 34.5 Å². The molecule has 0 saturated carbocycles. The molecule has 4 rings (SSSR count). The molecular weight excluding hydrogens is 575 g/mol. The smallest absolute Gasteiger partial charge is 0.261 e. The van der Waals surface area contributed by atoms with Crippen molar-refractivity contribution in [2.45, 2.75) is 4.90 Å². The number of benzene rings is 3. The Morgan fingerprint density at radius 2 is 1.64 bits per heavy atom. The van der Waals surface area contributed by atoms with Gasteiger partial charge in [-0.25, -0.2) is 13.4 Å². The van der Waals surface area contributed by atoms with E-state index in [0.717, 1.165) is 35.6 Å². The average molecular weight is 600 g/mol. The maximum absolute atomic E-state index is 12.6. The number of hydrazone groups is 1. The minimum Gasteiger partial charge on any atom is -0.369 e. The average Bonchev–Trinajstić information content (AvgIpc) is 3.42. The summed E-state index contributed by atoms with van der Waals surface area (Å²) in [4.78, 5) is 6.77. The molecule has 3 aromatic carbocycles. The summed E-state index contributed by atoms with van der Waals surface area (Å²) in [6.07, 6.45) is 1.72. The summed E-state index contributed by atoms with van der Waals surface area (Å²) in [7, 11) is -3.77. The Kier molecular flexibility index (Phi) is 9.79. The topological polar surface area (TPSA) is 110 Å². The van der Waals surface area contributed by atoms with Gasteiger partial charge in [-0.15, -0.1) is 34.5 Å². The summed E-state index contributed by atoms with van der Waals surface area (Å²) in [5, 5.41) is 15.7. The predicted octanol–water partition coefficient (Wildman–Crippen LogP) is 6.21. The van der Waals surface area contributed by atoms with Crippen LogP contribution in [0.4, 0.5) is 16.5 Å². The quantitative estimate of drug-likeness (QED) is 0.114. The van der Waals surface area contributed by atoms with Gasteiger partial charge in [0, 0.05) is 47.2 Å². The van der Waals surface area contributed by atoms with E-state index < -0.39 is 10.0 Å². The summed E-state index contributed by atoms with van der Waals surface area (Å²) < 4.78 is 27.8. The molecule has 0 aliphatic rings. The Bertz CT molecular complexity index is 1540. The number of aromatic nitrogens is 1. The van der Waals surface area contributed by atoms with Gasteiger partial charge in [0.1, 0.15) is 0 Å². The number of thiazole rings is 1. The van der Waals surface area contributed by atoms with Gasteiger partial charge in [0.25, 0.3) is 10.0 Å². The Morgan fingerprint density at radius 3 is 2.26 bits per heavy atom. The van der Waals surface area contributed by atoms with Crippen LogP contribution in [0.3, 0.4) is 0 Å². The van der Waals surface area contributed by atoms with E-state index in [4.69, 9.17) is 28.5 Å². The van der Waals surface area contributed by atoms with Crippen molar-refractivity contribution in [3.8, 4) is 17.3 Å². The van der Waals surface area contributed by atoms with Gasteiger partial charge in [-0.05, 0) is 54.1 Å². The molecular formula is C27H24Cl2N6O2S2. The van der Waals surface area contributed by atoms with Gasteiger partial charge in [-0.1, -0.05) is 24.3 Å². The first-order chi connectivity index (χ1) is 18.9. The van der Waals surface area contributed by atoms with Crippen molar-refractivity contribution in [3.05, 3.63) is 89.3 Å². The van der Waals surface area contributed by atoms with E-state index in [2.05, 4.69) is 25.1 Å². The number of hydrogen-bond acceptors (Lipinski definition) is 8. The van der Waals surface area contributed by atoms with Crippen molar-refractivity contribution in [1.29, 1.82) is 5.26 Å². The molecule has 12 heteroatoms. The Balaban J connectivity index is 1.35. The number of nitrogens with one attached hydrogen (secondary N) is 2. The molecule has 1 heterocycles. The molecule has 2 N–H and O–H groups in total. The number of nitriles is 1. The van der Waals surface area contributed by atoms with Gasteiger partial charge in [-0.3, -0.25) is 10.1 Å². The number of hydrogen-bond donors (Lipinski definition) is 2. The van der Waals surface area contributed by atoms with Crippen molar-refractivity contribution in [2.24, 2.45) is 5.10 Å². The van der Waals surface area contributed by atoms with Gasteiger partial charge in [0.05, 0.1) is 28.4 Å². The van der Waals surface area contributed by atoms with Crippen molar-refractivity contribution in [3.63, 3.8) is 0 Å². The number of anilines is 3. The first-order valence-electron chi connectivity index (χ1n) is 11.8. The van der Waals surface area contributed by atoms with Gasteiger partial charge in [0.15, 0.2) is 0 Å². The minimum atomic E-state index is -3.77. The molecule has 8 nitrogen and oxygen atoms in total. The molecule has 39 heavy (non-hydrogen) atoms. The monoisotopic (exact) mass is 598 g/mol. The Hall–Kier alpha value is -3.62. The second kappa shape index (κ2) is 13.4. The van der Waals surface area contributed by atoms with Crippen LogP contribution in [-0.4, -0.2) is 44.5 Å². The van der Waals surface area contributed by atoms with Crippen LogP contribution in [0.25, 0.3) is 11.3 Å². The highest BCUT2D eigenvalue weighted by molar-refractivity contribution is 7.92. The third kappa shape index (κ3) is 7.71. The van der Waals surface area contributed by atoms with Crippen molar-refractivity contribution >= 4 is 67.3 Å². The van der Waals surface area contributed by atoms with Gasteiger partial charge in [0.2, 0.25) is 5.13 Å². The molecule has 0 bridgehead atoms. The molecule has 0 unspecified atom stereocenters. The molecule has 0 saturated heterocycles. The molecule has 200 valence electrons. The third-order valence-corrected chi connectivity index (χ3v) is 8.05. The van der Waals surface area contributed by atoms with E-state index >= 15 is 0 Å². The van der Waals surface area contributed by atoms with Crippen LogP contribution in [0.2, 0.25) is 0 Å². The fourth-order valence-corrected chi connectivity index (χ4v) is 5.73. The van der Waals surface area contributed by atoms with E-state index in [9.17, 15) is 8.42 Å². The molecule has 0 spiro atoms. The largest absolute Gasteiger partial charge is 0.369 e. The lowest BCUT2D eigenvalue weighted by Crippen LogP contribution is -2.27. The van der Waals surface area contributed by atoms with Crippen molar-refractivity contribution in [2.75, 3.05) is 39.9 Å². The van der Waals surface area contributed by atoms with Crippen LogP contribution < -0.4 is 15.0 Å². The zero-order chi connectivity index (χ0) is 27.7. The lowest BCUT2D eigenvalue weighted by atomic mass is 10.1. The Morgan fingerprint density at radius 1 is 0.974 bits per heavy atom. The van der Waals surface area contributed by atoms with E-state index in [1.165, 1.54) is 35.6 Å². The van der Waals surface area contributed by atoms with E-state index in [0.29, 0.717) is 28.1 Å². The number of halogens is 2. The standard InChI is InChI=1S/C27H24Cl2N6O2S2/c28-13-15-35(16-14-29)24-9-1-21(2-10-24)18-31-33-27-32-26(19-38-27)22-5-7-23(8-6-22)34-39(36,37)25-11-3-20(17-30)4-12-25/h1-12,18-19,34H,13-16H2,(H,32,33)/b31-18+. The molecule has 0 radical (unpaired) electrons. The highest BCUT2D eigenvalue weighted by Crippen LogP contribution is 2.27. The highest BCUT2D eigenvalue weighted by atomic mass is 35.5. The summed E-state index contributed by atoms with van der Waals surface area (Å²) in [5.74, 6) is 1.06.